The molecule has 0 atom stereocenters. The molecule has 3 aromatic rings. The smallest absolute Gasteiger partial charge is 0.302 e. The molecule has 3 rings (SSSR count). The first-order chi connectivity index (χ1) is 13.1. The van der Waals surface area contributed by atoms with Gasteiger partial charge in [0.05, 0.1) is 24.1 Å². The molecule has 9 heteroatoms. The van der Waals surface area contributed by atoms with Crippen LogP contribution in [0.1, 0.15) is 5.56 Å². The minimum atomic E-state index is -0.280. The second kappa shape index (κ2) is 8.33. The number of amides is 1. The molecule has 0 bridgehead atoms. The third-order valence-electron chi connectivity index (χ3n) is 3.54. The molecule has 0 saturated carbocycles. The van der Waals surface area contributed by atoms with E-state index >= 15 is 0 Å². The number of carbonyl (C=O) groups excluding carboxylic acids is 1. The first-order valence-corrected chi connectivity index (χ1v) is 8.88. The van der Waals surface area contributed by atoms with Gasteiger partial charge in [-0.05, 0) is 36.4 Å². The van der Waals surface area contributed by atoms with Gasteiger partial charge in [-0.3, -0.25) is 14.6 Å². The van der Waals surface area contributed by atoms with E-state index in [2.05, 4.69) is 21.6 Å². The summed E-state index contributed by atoms with van der Waals surface area (Å²) in [5.74, 6) is 0.804. The van der Waals surface area contributed by atoms with Crippen LogP contribution in [0.5, 0.6) is 5.75 Å². The Kier molecular flexibility index (Phi) is 5.68. The molecule has 0 saturated heterocycles. The number of methoxy groups -OCH3 is 1. The first kappa shape index (κ1) is 18.4. The molecule has 2 aromatic heterocycles. The van der Waals surface area contributed by atoms with Crippen LogP contribution < -0.4 is 14.7 Å². The summed E-state index contributed by atoms with van der Waals surface area (Å²) in [6.07, 6.45) is 1.55. The van der Waals surface area contributed by atoms with Crippen LogP contribution in [0.15, 0.2) is 52.1 Å². The molecular formula is C18H16N5O3S+. The summed E-state index contributed by atoms with van der Waals surface area (Å²) in [4.78, 5) is 16.6. The van der Waals surface area contributed by atoms with Gasteiger partial charge in [0.2, 0.25) is 5.91 Å². The number of nitriles is 1. The Morgan fingerprint density at radius 1 is 1.33 bits per heavy atom. The van der Waals surface area contributed by atoms with Crippen LogP contribution >= 0.6 is 11.8 Å². The Morgan fingerprint density at radius 3 is 2.74 bits per heavy atom. The molecule has 0 radical (unpaired) electrons. The van der Waals surface area contributed by atoms with Crippen molar-refractivity contribution in [1.29, 1.82) is 5.26 Å². The number of ether oxygens (including phenoxy) is 1. The number of nitrogens with one attached hydrogen (secondary N) is 1. The van der Waals surface area contributed by atoms with E-state index in [-0.39, 0.29) is 17.5 Å². The third-order valence-corrected chi connectivity index (χ3v) is 4.53. The quantitative estimate of drug-likeness (QED) is 0.514. The Bertz CT molecular complexity index is 995. The Balaban J connectivity index is 1.73. The van der Waals surface area contributed by atoms with Gasteiger partial charge in [-0.2, -0.15) is 5.26 Å². The van der Waals surface area contributed by atoms with Gasteiger partial charge in [-0.15, -0.1) is 0 Å². The van der Waals surface area contributed by atoms with Gasteiger partial charge in [-0.1, -0.05) is 16.4 Å². The van der Waals surface area contributed by atoms with E-state index in [1.54, 1.807) is 32.5 Å². The van der Waals surface area contributed by atoms with Crippen molar-refractivity contribution in [2.75, 3.05) is 18.2 Å². The minimum absolute atomic E-state index is 0.0815. The normalized spacial score (nSPS) is 10.3. The minimum Gasteiger partial charge on any atom is -0.497 e. The van der Waals surface area contributed by atoms with Crippen molar-refractivity contribution in [1.82, 2.24) is 10.3 Å². The summed E-state index contributed by atoms with van der Waals surface area (Å²) in [7, 11) is 3.29. The van der Waals surface area contributed by atoms with Gasteiger partial charge in [0.1, 0.15) is 16.8 Å². The lowest BCUT2D eigenvalue weighted by molar-refractivity contribution is -0.739. The van der Waals surface area contributed by atoms with E-state index in [0.717, 1.165) is 11.3 Å². The molecule has 8 nitrogen and oxygen atoms in total. The first-order valence-electron chi connectivity index (χ1n) is 7.90. The van der Waals surface area contributed by atoms with Crippen LogP contribution in [0.25, 0.3) is 11.3 Å². The van der Waals surface area contributed by atoms with Crippen molar-refractivity contribution in [2.45, 2.75) is 5.03 Å². The van der Waals surface area contributed by atoms with Crippen molar-refractivity contribution in [3.63, 3.8) is 0 Å². The predicted molar refractivity (Wildman–Crippen MR) is 98.0 cm³/mol. The molecule has 1 amide bonds. The second-order valence-corrected chi connectivity index (χ2v) is 6.43. The number of pyridine rings is 1. The maximum atomic E-state index is 12.1. The maximum Gasteiger partial charge on any atom is 0.302 e. The van der Waals surface area contributed by atoms with Crippen molar-refractivity contribution in [3.05, 3.63) is 48.2 Å². The fourth-order valence-electron chi connectivity index (χ4n) is 2.25. The molecule has 0 aliphatic heterocycles. The Hall–Kier alpha value is -3.38. The molecule has 27 heavy (non-hydrogen) atoms. The van der Waals surface area contributed by atoms with Crippen LogP contribution in [-0.4, -0.2) is 29.0 Å². The number of aryl methyl sites for hydroxylation is 1. The van der Waals surface area contributed by atoms with Crippen LogP contribution in [0.3, 0.4) is 0 Å². The van der Waals surface area contributed by atoms with Crippen molar-refractivity contribution < 1.29 is 18.7 Å². The number of anilines is 1. The van der Waals surface area contributed by atoms with Gasteiger partial charge in [0.15, 0.2) is 12.3 Å². The molecule has 0 spiro atoms. The molecule has 0 unspecified atom stereocenters. The molecule has 1 aromatic carbocycles. The predicted octanol–water partition coefficient (Wildman–Crippen LogP) is 2.17. The van der Waals surface area contributed by atoms with E-state index in [0.29, 0.717) is 16.3 Å². The van der Waals surface area contributed by atoms with Crippen molar-refractivity contribution in [2.24, 2.45) is 7.05 Å². The zero-order chi connectivity index (χ0) is 19.2. The molecule has 2 heterocycles. The number of hydrogen-bond donors (Lipinski definition) is 1. The van der Waals surface area contributed by atoms with Crippen molar-refractivity contribution in [3.8, 4) is 23.1 Å². The molecule has 136 valence electrons. The van der Waals surface area contributed by atoms with E-state index in [1.807, 2.05) is 24.3 Å². The number of aromatic nitrogens is 3. The largest absolute Gasteiger partial charge is 0.497 e. The number of benzene rings is 1. The third kappa shape index (κ3) is 4.62. The number of thioether (sulfide) groups is 1. The fraction of sp³-hybridized carbons (Fsp3) is 0.167. The van der Waals surface area contributed by atoms with Crippen LogP contribution in [-0.2, 0) is 11.8 Å². The molecule has 0 fully saturated rings. The van der Waals surface area contributed by atoms with E-state index in [9.17, 15) is 10.1 Å². The van der Waals surface area contributed by atoms with Crippen LogP contribution in [0, 0.1) is 11.3 Å². The highest BCUT2D eigenvalue weighted by molar-refractivity contribution is 8.00. The number of nitrogens with zero attached hydrogens (tertiary/aromatic N) is 4. The van der Waals surface area contributed by atoms with Gasteiger partial charge in [-0.25, -0.2) is 4.98 Å². The maximum absolute atomic E-state index is 12.1. The highest BCUT2D eigenvalue weighted by atomic mass is 32.2. The summed E-state index contributed by atoms with van der Waals surface area (Å²) < 4.78 is 11.5. The summed E-state index contributed by atoms with van der Waals surface area (Å²) in [5.41, 5.74) is 2.01. The lowest BCUT2D eigenvalue weighted by atomic mass is 10.1. The molecule has 0 aliphatic carbocycles. The highest BCUT2D eigenvalue weighted by Crippen LogP contribution is 2.26. The molecule has 0 aliphatic rings. The van der Waals surface area contributed by atoms with Crippen LogP contribution in [0.2, 0.25) is 0 Å². The van der Waals surface area contributed by atoms with Gasteiger partial charge in [0.25, 0.3) is 6.20 Å². The van der Waals surface area contributed by atoms with E-state index in [1.165, 1.54) is 16.4 Å². The van der Waals surface area contributed by atoms with E-state index in [4.69, 9.17) is 9.26 Å². The lowest BCUT2D eigenvalue weighted by Gasteiger charge is -2.07. The molecular weight excluding hydrogens is 366 g/mol. The fourth-order valence-corrected chi connectivity index (χ4v) is 3.02. The van der Waals surface area contributed by atoms with Crippen molar-refractivity contribution >= 4 is 23.6 Å². The summed E-state index contributed by atoms with van der Waals surface area (Å²) in [6, 6.07) is 13.0. The number of rotatable bonds is 6. The average Bonchev–Trinajstić information content (AvgIpc) is 3.10. The summed E-state index contributed by atoms with van der Waals surface area (Å²) in [5, 5.41) is 16.0. The van der Waals surface area contributed by atoms with Gasteiger partial charge >= 0.3 is 5.88 Å². The zero-order valence-electron chi connectivity index (χ0n) is 14.7. The molecule has 1 N–H and O–H groups in total. The van der Waals surface area contributed by atoms with Gasteiger partial charge in [0, 0.05) is 5.56 Å². The Morgan fingerprint density at radius 2 is 2.11 bits per heavy atom. The summed E-state index contributed by atoms with van der Waals surface area (Å²) in [6.45, 7) is 0. The number of hydrogen-bond acceptors (Lipinski definition) is 7. The highest BCUT2D eigenvalue weighted by Gasteiger charge is 2.14. The standard InChI is InChI=1S/C18H15N5O3S/c1-23-10-17(26-22-23)21-16(24)11-27-18-13(9-19)5-8-15(20-18)12-3-6-14(25-2)7-4-12/h3-8,10H,11H2,1-2H3/p+1. The van der Waals surface area contributed by atoms with Crippen LogP contribution in [0.4, 0.5) is 5.88 Å². The SMILES string of the molecule is COc1ccc(-c2ccc(C#N)c(SCC(=O)Nc3c[n+](C)no3)n2)cc1. The summed E-state index contributed by atoms with van der Waals surface area (Å²) >= 11 is 1.18. The second-order valence-electron chi connectivity index (χ2n) is 5.47. The zero-order valence-corrected chi connectivity index (χ0v) is 15.5. The van der Waals surface area contributed by atoms with Gasteiger partial charge < -0.3 is 4.74 Å². The topological polar surface area (TPSA) is 105 Å². The number of carbonyl (C=O) groups is 1. The van der Waals surface area contributed by atoms with E-state index < -0.39 is 0 Å². The Labute approximate surface area is 159 Å². The average molecular weight is 382 g/mol. The monoisotopic (exact) mass is 382 g/mol. The lowest BCUT2D eigenvalue weighted by Crippen LogP contribution is -2.28.